The molecule has 81 heavy (non-hydrogen) atoms. The van der Waals surface area contributed by atoms with Crippen LogP contribution in [-0.2, 0) is 39.1 Å². The summed E-state index contributed by atoms with van der Waals surface area (Å²) in [6.07, 6.45) is 4.63. The third-order valence-electron chi connectivity index (χ3n) is 12.7. The van der Waals surface area contributed by atoms with Gasteiger partial charge in [-0.25, -0.2) is 55.5 Å². The first-order valence-corrected chi connectivity index (χ1v) is 29.9. The summed E-state index contributed by atoms with van der Waals surface area (Å²) >= 11 is 4.97. The lowest BCUT2D eigenvalue weighted by molar-refractivity contribution is -0.143. The number of fused-ring (bicyclic) bond motifs is 2. The predicted molar refractivity (Wildman–Crippen MR) is 300 cm³/mol. The van der Waals surface area contributed by atoms with E-state index in [0.717, 1.165) is 12.5 Å². The Morgan fingerprint density at radius 3 is 1.41 bits per heavy atom. The summed E-state index contributed by atoms with van der Waals surface area (Å²) in [7, 11) is -4.49. The third kappa shape index (κ3) is 15.3. The minimum absolute atomic E-state index is 0.0216. The van der Waals surface area contributed by atoms with Crippen molar-refractivity contribution in [1.29, 1.82) is 0 Å². The standard InChI is InChI=1S/C26H31FN6O6S.C22H25FN6O5S.C4H7ClO/c1-15(2)25(34)33-13-18(14-33)39-21-11-17(27)10-19-22(29-26(30-23(19)21)32-5-7-38-8-6-32)16-9-20(31-40(4,35)36)24(37-3)28-12-16;1-32-21-17(28-35(2,30)31)7-13(10-25-21)19-16-8-14(23)9-18(34-15-11-24-12-15)20(16)27-22(26-19)29-3-5-33-6-4-29;1-3(2)4(5)6/h9-12,15,18,31H,5-8,13-14H2,1-4H3;7-10,15,24,28H,3-6,11-12H2,1-2H3;3H,1-2H3. The largest absolute Gasteiger partial charge is 0.485 e. The fourth-order valence-corrected chi connectivity index (χ4v) is 9.63. The van der Waals surface area contributed by atoms with Crippen LogP contribution >= 0.6 is 11.6 Å². The first-order chi connectivity index (χ1) is 38.5. The molecule has 1 amide bonds. The van der Waals surface area contributed by atoms with Gasteiger partial charge in [-0.05, 0) is 35.9 Å². The van der Waals surface area contributed by atoms with Crippen molar-refractivity contribution in [3.05, 3.63) is 60.4 Å². The van der Waals surface area contributed by atoms with E-state index in [2.05, 4.69) is 24.7 Å². The van der Waals surface area contributed by atoms with E-state index in [1.165, 1.54) is 56.9 Å². The van der Waals surface area contributed by atoms with Gasteiger partial charge in [-0.1, -0.05) is 27.7 Å². The van der Waals surface area contributed by atoms with Crippen LogP contribution in [0.5, 0.6) is 23.3 Å². The second-order valence-corrected chi connectivity index (χ2v) is 23.7. The number of nitrogens with zero attached hydrogens (tertiary/aromatic N) is 9. The van der Waals surface area contributed by atoms with Crippen molar-refractivity contribution in [3.8, 4) is 45.8 Å². The number of carbonyl (C=O) groups is 2. The van der Waals surface area contributed by atoms with Crippen LogP contribution in [0.15, 0.2) is 48.8 Å². The molecule has 6 aromatic rings. The van der Waals surface area contributed by atoms with Gasteiger partial charge in [0.2, 0.25) is 54.9 Å². The maximum atomic E-state index is 15.0. The van der Waals surface area contributed by atoms with Crippen molar-refractivity contribution in [2.45, 2.75) is 39.9 Å². The highest BCUT2D eigenvalue weighted by Gasteiger charge is 2.34. The number of hydrogen-bond donors (Lipinski definition) is 3. The number of halogens is 3. The smallest absolute Gasteiger partial charge is 0.238 e. The molecule has 0 bridgehead atoms. The Balaban J connectivity index is 0.000000194. The van der Waals surface area contributed by atoms with Crippen molar-refractivity contribution in [2.24, 2.45) is 11.8 Å². The van der Waals surface area contributed by atoms with Crippen LogP contribution < -0.4 is 43.5 Å². The Bertz CT molecular complexity index is 3510. The van der Waals surface area contributed by atoms with E-state index in [1.54, 1.807) is 24.8 Å². The average Bonchev–Trinajstić information content (AvgIpc) is 3.55. The van der Waals surface area contributed by atoms with Gasteiger partial charge in [0.1, 0.15) is 57.7 Å². The molecule has 0 spiro atoms. The van der Waals surface area contributed by atoms with E-state index in [4.69, 9.17) is 60.0 Å². The van der Waals surface area contributed by atoms with Gasteiger partial charge in [0.15, 0.2) is 0 Å². The number of nitrogens with one attached hydrogen (secondary N) is 3. The molecular weight excluding hydrogens is 1120 g/mol. The summed E-state index contributed by atoms with van der Waals surface area (Å²) in [5.41, 5.74) is 2.70. The van der Waals surface area contributed by atoms with E-state index in [0.29, 0.717) is 141 Å². The van der Waals surface area contributed by atoms with E-state index in [9.17, 15) is 35.2 Å². The topological polar surface area (TPSA) is 281 Å². The molecule has 3 N–H and O–H groups in total. The Morgan fingerprint density at radius 1 is 0.654 bits per heavy atom. The molecule has 4 aliphatic heterocycles. The molecule has 2 aromatic carbocycles. The Kier molecular flexibility index (Phi) is 19.1. The fraction of sp³-hybridized carbons (Fsp3) is 0.462. The number of benzene rings is 2. The summed E-state index contributed by atoms with van der Waals surface area (Å²) in [6, 6.07) is 8.34. The van der Waals surface area contributed by atoms with Crippen LogP contribution in [0.25, 0.3) is 44.3 Å². The van der Waals surface area contributed by atoms with Crippen LogP contribution in [0.2, 0.25) is 0 Å². The van der Waals surface area contributed by atoms with Crippen molar-refractivity contribution < 1.29 is 63.6 Å². The second-order valence-electron chi connectivity index (χ2n) is 19.8. The molecule has 0 radical (unpaired) electrons. The number of ether oxygens (including phenoxy) is 6. The lowest BCUT2D eigenvalue weighted by atomic mass is 10.1. The number of amides is 1. The van der Waals surface area contributed by atoms with Gasteiger partial charge < -0.3 is 48.4 Å². The molecule has 0 aliphatic carbocycles. The van der Waals surface area contributed by atoms with Crippen LogP contribution in [0.3, 0.4) is 0 Å². The molecule has 0 atom stereocenters. The van der Waals surface area contributed by atoms with Gasteiger partial charge in [0, 0.05) is 97.5 Å². The maximum Gasteiger partial charge on any atom is 0.238 e. The van der Waals surface area contributed by atoms with E-state index < -0.39 is 31.7 Å². The Morgan fingerprint density at radius 2 is 1.06 bits per heavy atom. The summed E-state index contributed by atoms with van der Waals surface area (Å²) < 4.78 is 116. The van der Waals surface area contributed by atoms with E-state index >= 15 is 0 Å². The zero-order chi connectivity index (χ0) is 58.3. The van der Waals surface area contributed by atoms with E-state index in [-0.39, 0.29) is 64.1 Å². The number of carbonyl (C=O) groups excluding carboxylic acids is 2. The molecule has 10 rings (SSSR count). The summed E-state index contributed by atoms with van der Waals surface area (Å²) in [6.45, 7) is 13.7. The van der Waals surface area contributed by atoms with Gasteiger partial charge in [-0.2, -0.15) is 0 Å². The molecule has 4 aromatic heterocycles. The van der Waals surface area contributed by atoms with Gasteiger partial charge >= 0.3 is 0 Å². The Hall–Kier alpha value is -7.11. The molecule has 436 valence electrons. The number of hydrogen-bond acceptors (Lipinski definition) is 21. The number of rotatable bonds is 16. The molecule has 4 aliphatic rings. The zero-order valence-corrected chi connectivity index (χ0v) is 48.2. The average molecular weight is 1190 g/mol. The second kappa shape index (κ2) is 25.8. The van der Waals surface area contributed by atoms with Gasteiger partial charge in [-0.15, -0.1) is 0 Å². The molecule has 4 saturated heterocycles. The fourth-order valence-electron chi connectivity index (χ4n) is 8.54. The maximum absolute atomic E-state index is 15.0. The van der Waals surface area contributed by atoms with Crippen molar-refractivity contribution in [3.63, 3.8) is 0 Å². The molecule has 4 fully saturated rings. The summed E-state index contributed by atoms with van der Waals surface area (Å²) in [5, 5.41) is 3.64. The van der Waals surface area contributed by atoms with Gasteiger partial charge in [-0.3, -0.25) is 19.0 Å². The number of aromatic nitrogens is 6. The quantitative estimate of drug-likeness (QED) is 0.106. The number of pyridine rings is 2. The number of methoxy groups -OCH3 is 2. The molecule has 8 heterocycles. The first kappa shape index (κ1) is 60.0. The van der Waals surface area contributed by atoms with Crippen LogP contribution in [-0.4, -0.2) is 181 Å². The number of anilines is 4. The third-order valence-corrected chi connectivity index (χ3v) is 14.3. The SMILES string of the molecule is CC(C)C(=O)Cl.COc1ncc(-c2nc(N3CCOCC3)nc3c(OC4CN(C(=O)C(C)C)C4)cc(F)cc23)cc1NS(C)(=O)=O.COc1ncc(-c2nc(N3CCOCC3)nc3c(OC4CNC4)cc(F)cc23)cc1NS(C)(=O)=O. The van der Waals surface area contributed by atoms with Crippen molar-refractivity contribution in [1.82, 2.24) is 40.1 Å². The van der Waals surface area contributed by atoms with Crippen molar-refractivity contribution >= 4 is 87.9 Å². The first-order valence-electron chi connectivity index (χ1n) is 25.7. The molecule has 29 heteroatoms. The molecule has 0 unspecified atom stereocenters. The lowest BCUT2D eigenvalue weighted by Crippen LogP contribution is -2.57. The lowest BCUT2D eigenvalue weighted by Gasteiger charge is -2.40. The minimum atomic E-state index is -3.65. The minimum Gasteiger partial charge on any atom is -0.485 e. The highest BCUT2D eigenvalue weighted by atomic mass is 35.5. The summed E-state index contributed by atoms with van der Waals surface area (Å²) in [5.74, 6) is 0.374. The zero-order valence-electron chi connectivity index (χ0n) is 45.8. The highest BCUT2D eigenvalue weighted by molar-refractivity contribution is 7.92. The molecule has 0 saturated carbocycles. The number of likely N-dealkylation sites (tertiary alicyclic amines) is 1. The van der Waals surface area contributed by atoms with Crippen LogP contribution in [0, 0.1) is 23.5 Å². The predicted octanol–water partition coefficient (Wildman–Crippen LogP) is 5.10. The normalized spacial score (nSPS) is 15.9. The number of sulfonamides is 2. The van der Waals surface area contributed by atoms with Crippen molar-refractivity contribution in [2.75, 3.05) is 125 Å². The van der Waals surface area contributed by atoms with Gasteiger partial charge in [0.05, 0.1) is 77.6 Å². The van der Waals surface area contributed by atoms with E-state index in [1.807, 2.05) is 23.6 Å². The van der Waals surface area contributed by atoms with Gasteiger partial charge in [0.25, 0.3) is 0 Å². The molecule has 24 nitrogen and oxygen atoms in total. The monoisotopic (exact) mass is 1180 g/mol. The summed E-state index contributed by atoms with van der Waals surface area (Å²) in [4.78, 5) is 55.4. The highest BCUT2D eigenvalue weighted by Crippen LogP contribution is 2.39. The number of morpholine rings is 2. The van der Waals surface area contributed by atoms with Crippen LogP contribution in [0.1, 0.15) is 27.7 Å². The Labute approximate surface area is 472 Å². The molecular formula is C52H63ClF2N12O12S2. The van der Waals surface area contributed by atoms with Crippen LogP contribution in [0.4, 0.5) is 32.1 Å².